The van der Waals surface area contributed by atoms with Gasteiger partial charge in [0.15, 0.2) is 10.7 Å². The lowest BCUT2D eigenvalue weighted by Crippen LogP contribution is -2.49. The molecular weight excluding hydrogens is 386 g/mol. The first-order chi connectivity index (χ1) is 13.4. The van der Waals surface area contributed by atoms with Crippen LogP contribution in [0, 0.1) is 10.1 Å². The normalized spacial score (nSPS) is 20.2. The lowest BCUT2D eigenvalue weighted by Gasteiger charge is -2.35. The minimum atomic E-state index is -3.94. The summed E-state index contributed by atoms with van der Waals surface area (Å²) in [6, 6.07) is 5.32. The number of nitrogens with zero attached hydrogens (tertiary/aromatic N) is 5. The van der Waals surface area contributed by atoms with Crippen molar-refractivity contribution in [3.8, 4) is 0 Å². The lowest BCUT2D eigenvalue weighted by atomic mass is 10.2. The third-order valence-corrected chi connectivity index (χ3v) is 7.20. The molecule has 0 radical (unpaired) electrons. The second-order valence-electron chi connectivity index (χ2n) is 7.11. The van der Waals surface area contributed by atoms with Crippen LogP contribution in [0.1, 0.15) is 43.4 Å². The molecule has 1 aromatic heterocycles. The van der Waals surface area contributed by atoms with Crippen molar-refractivity contribution in [2.75, 3.05) is 26.2 Å². The number of nitro groups is 1. The number of sulfonamides is 1. The molecule has 10 nitrogen and oxygen atoms in total. The van der Waals surface area contributed by atoms with Crippen LogP contribution in [0.15, 0.2) is 33.7 Å². The van der Waals surface area contributed by atoms with Crippen molar-refractivity contribution >= 4 is 15.7 Å². The summed E-state index contributed by atoms with van der Waals surface area (Å²) >= 11 is 0. The Morgan fingerprint density at radius 2 is 1.89 bits per heavy atom. The van der Waals surface area contributed by atoms with E-state index in [-0.39, 0.29) is 24.0 Å². The summed E-state index contributed by atoms with van der Waals surface area (Å²) in [4.78, 5) is 16.8. The van der Waals surface area contributed by atoms with E-state index in [0.717, 1.165) is 18.7 Å². The minimum Gasteiger partial charge on any atom is -0.338 e. The smallest absolute Gasteiger partial charge is 0.289 e. The third kappa shape index (κ3) is 3.52. The molecule has 11 heteroatoms. The number of rotatable bonds is 6. The fourth-order valence-corrected chi connectivity index (χ4v) is 4.96. The van der Waals surface area contributed by atoms with Gasteiger partial charge in [-0.1, -0.05) is 17.3 Å². The predicted molar refractivity (Wildman–Crippen MR) is 98.1 cm³/mol. The van der Waals surface area contributed by atoms with E-state index in [1.807, 2.05) is 6.92 Å². The minimum absolute atomic E-state index is 0.115. The van der Waals surface area contributed by atoms with Crippen LogP contribution in [0.5, 0.6) is 0 Å². The standard InChI is InChI=1S/C17H21N5O5S/c1-12(17-18-16(19-27-17)13-6-7-13)20-8-10-21(11-9-20)28(25,26)15-5-3-2-4-14(15)22(23)24/h2-5,12-13H,6-11H2,1H3. The van der Waals surface area contributed by atoms with Gasteiger partial charge in [-0.2, -0.15) is 9.29 Å². The highest BCUT2D eigenvalue weighted by Crippen LogP contribution is 2.38. The molecule has 28 heavy (non-hydrogen) atoms. The Morgan fingerprint density at radius 1 is 1.21 bits per heavy atom. The molecule has 1 saturated carbocycles. The molecule has 4 rings (SSSR count). The van der Waals surface area contributed by atoms with Crippen LogP contribution >= 0.6 is 0 Å². The molecule has 150 valence electrons. The van der Waals surface area contributed by atoms with Crippen molar-refractivity contribution in [1.29, 1.82) is 0 Å². The van der Waals surface area contributed by atoms with Gasteiger partial charge in [0.05, 0.1) is 11.0 Å². The van der Waals surface area contributed by atoms with Crippen molar-refractivity contribution in [3.63, 3.8) is 0 Å². The van der Waals surface area contributed by atoms with Crippen LogP contribution in [0.25, 0.3) is 0 Å². The van der Waals surface area contributed by atoms with Crippen LogP contribution in [0.3, 0.4) is 0 Å². The topological polar surface area (TPSA) is 123 Å². The molecule has 1 unspecified atom stereocenters. The summed E-state index contributed by atoms with van der Waals surface area (Å²) in [5.41, 5.74) is -0.406. The zero-order valence-electron chi connectivity index (χ0n) is 15.4. The van der Waals surface area contributed by atoms with Gasteiger partial charge in [-0.15, -0.1) is 0 Å². The van der Waals surface area contributed by atoms with E-state index in [2.05, 4.69) is 15.0 Å². The van der Waals surface area contributed by atoms with Gasteiger partial charge in [0.25, 0.3) is 5.69 Å². The summed E-state index contributed by atoms with van der Waals surface area (Å²) in [5.74, 6) is 1.70. The molecule has 2 aromatic rings. The second-order valence-corrected chi connectivity index (χ2v) is 9.01. The summed E-state index contributed by atoms with van der Waals surface area (Å²) < 4.78 is 32.5. The molecule has 1 aliphatic carbocycles. The fourth-order valence-electron chi connectivity index (χ4n) is 3.38. The monoisotopic (exact) mass is 407 g/mol. The van der Waals surface area contributed by atoms with Gasteiger partial charge < -0.3 is 4.52 Å². The van der Waals surface area contributed by atoms with Gasteiger partial charge >= 0.3 is 0 Å². The van der Waals surface area contributed by atoms with E-state index in [1.165, 1.54) is 28.6 Å². The fraction of sp³-hybridized carbons (Fsp3) is 0.529. The molecule has 2 fully saturated rings. The summed E-state index contributed by atoms with van der Waals surface area (Å²) in [6.45, 7) is 3.38. The van der Waals surface area contributed by atoms with E-state index in [0.29, 0.717) is 24.9 Å². The average molecular weight is 407 g/mol. The molecule has 0 bridgehead atoms. The lowest BCUT2D eigenvalue weighted by molar-refractivity contribution is -0.387. The van der Waals surface area contributed by atoms with E-state index >= 15 is 0 Å². The van der Waals surface area contributed by atoms with Crippen molar-refractivity contribution in [2.24, 2.45) is 0 Å². The Balaban J connectivity index is 1.45. The number of hydrogen-bond donors (Lipinski definition) is 0. The van der Waals surface area contributed by atoms with E-state index < -0.39 is 20.6 Å². The van der Waals surface area contributed by atoms with Gasteiger partial charge in [-0.05, 0) is 25.8 Å². The highest BCUT2D eigenvalue weighted by molar-refractivity contribution is 7.89. The number of hydrogen-bond acceptors (Lipinski definition) is 8. The third-order valence-electron chi connectivity index (χ3n) is 5.26. The van der Waals surface area contributed by atoms with Crippen LogP contribution in [-0.2, 0) is 10.0 Å². The van der Waals surface area contributed by atoms with E-state index in [1.54, 1.807) is 0 Å². The highest BCUT2D eigenvalue weighted by Gasteiger charge is 2.36. The Kier molecular flexibility index (Phi) is 4.89. The Bertz CT molecular complexity index is 979. The highest BCUT2D eigenvalue weighted by atomic mass is 32.2. The molecule has 0 N–H and O–H groups in total. The molecule has 1 saturated heterocycles. The largest absolute Gasteiger partial charge is 0.338 e. The Labute approximate surface area is 162 Å². The maximum atomic E-state index is 12.9. The van der Waals surface area contributed by atoms with Crippen molar-refractivity contribution in [1.82, 2.24) is 19.3 Å². The van der Waals surface area contributed by atoms with Gasteiger partial charge in [0.2, 0.25) is 15.9 Å². The molecule has 2 heterocycles. The summed E-state index contributed by atoms with van der Waals surface area (Å²) in [6.07, 6.45) is 2.19. The van der Waals surface area contributed by atoms with Crippen molar-refractivity contribution < 1.29 is 17.9 Å². The van der Waals surface area contributed by atoms with Crippen LogP contribution in [0.2, 0.25) is 0 Å². The SMILES string of the molecule is CC(c1nc(C2CC2)no1)N1CCN(S(=O)(=O)c2ccccc2[N+](=O)[O-])CC1. The van der Waals surface area contributed by atoms with Crippen molar-refractivity contribution in [3.05, 3.63) is 46.1 Å². The van der Waals surface area contributed by atoms with Crippen LogP contribution in [0.4, 0.5) is 5.69 Å². The first-order valence-corrected chi connectivity index (χ1v) is 10.6. The summed E-state index contributed by atoms with van der Waals surface area (Å²) in [7, 11) is -3.94. The average Bonchev–Trinajstić information content (AvgIpc) is 3.44. The van der Waals surface area contributed by atoms with Gasteiger partial charge in [-0.25, -0.2) is 8.42 Å². The van der Waals surface area contributed by atoms with Crippen LogP contribution < -0.4 is 0 Å². The quantitative estimate of drug-likeness (QED) is 0.526. The maximum absolute atomic E-state index is 12.9. The first kappa shape index (κ1) is 19.0. The number of benzene rings is 1. The van der Waals surface area contributed by atoms with Crippen LogP contribution in [-0.4, -0.2) is 58.9 Å². The van der Waals surface area contributed by atoms with E-state index in [4.69, 9.17) is 4.52 Å². The second kappa shape index (κ2) is 7.22. The zero-order valence-corrected chi connectivity index (χ0v) is 16.2. The molecule has 1 aliphatic heterocycles. The predicted octanol–water partition coefficient (Wildman–Crippen LogP) is 1.92. The Hall–Kier alpha value is -2.37. The number of para-hydroxylation sites is 1. The zero-order chi connectivity index (χ0) is 19.9. The Morgan fingerprint density at radius 3 is 2.54 bits per heavy atom. The van der Waals surface area contributed by atoms with Crippen molar-refractivity contribution in [2.45, 2.75) is 36.6 Å². The van der Waals surface area contributed by atoms with Gasteiger partial charge in [-0.3, -0.25) is 15.0 Å². The molecule has 1 aromatic carbocycles. The summed E-state index contributed by atoms with van der Waals surface area (Å²) in [5, 5.41) is 15.2. The first-order valence-electron chi connectivity index (χ1n) is 9.19. The molecule has 0 spiro atoms. The number of piperazine rings is 1. The molecular formula is C17H21N5O5S. The van der Waals surface area contributed by atoms with Gasteiger partial charge in [0.1, 0.15) is 0 Å². The molecule has 0 amide bonds. The number of nitro benzene ring substituents is 1. The maximum Gasteiger partial charge on any atom is 0.289 e. The molecule has 2 aliphatic rings. The number of aromatic nitrogens is 2. The molecule has 1 atom stereocenters. The van der Waals surface area contributed by atoms with E-state index in [9.17, 15) is 18.5 Å². The van der Waals surface area contributed by atoms with Gasteiger partial charge in [0, 0.05) is 38.2 Å².